The number of carbonyl (C=O) groups is 2. The van der Waals surface area contributed by atoms with Crippen molar-refractivity contribution in [2.24, 2.45) is 5.10 Å². The van der Waals surface area contributed by atoms with Crippen LogP contribution in [0.15, 0.2) is 59.7 Å². The first-order valence-corrected chi connectivity index (χ1v) is 10.8. The topological polar surface area (TPSA) is 74.2 Å². The number of methoxy groups -OCH3 is 1. The van der Waals surface area contributed by atoms with Crippen molar-refractivity contribution in [2.75, 3.05) is 31.8 Å². The number of ether oxygens (including phenoxy) is 1. The van der Waals surface area contributed by atoms with Crippen LogP contribution in [-0.2, 0) is 9.59 Å². The summed E-state index contributed by atoms with van der Waals surface area (Å²) in [5, 5.41) is 8.76. The van der Waals surface area contributed by atoms with Crippen LogP contribution in [-0.4, -0.2) is 49.2 Å². The fraction of sp³-hybridized carbons (Fsp3) is 0.375. The van der Waals surface area contributed by atoms with E-state index in [2.05, 4.69) is 21.4 Å². The SMILES string of the molecule is COc1cccc(C(CNC(=O)C2=NN(c3ccccc3)C(=O)CC2)N2CCCC2)c1. The highest BCUT2D eigenvalue weighted by Crippen LogP contribution is 2.27. The molecule has 1 fully saturated rings. The number of hydrogen-bond donors (Lipinski definition) is 1. The number of nitrogens with one attached hydrogen (secondary N) is 1. The molecule has 0 radical (unpaired) electrons. The number of rotatable bonds is 7. The van der Waals surface area contributed by atoms with Gasteiger partial charge >= 0.3 is 0 Å². The van der Waals surface area contributed by atoms with Gasteiger partial charge in [-0.1, -0.05) is 30.3 Å². The summed E-state index contributed by atoms with van der Waals surface area (Å²) < 4.78 is 5.39. The predicted octanol–water partition coefficient (Wildman–Crippen LogP) is 3.13. The third-order valence-corrected chi connectivity index (χ3v) is 5.81. The van der Waals surface area contributed by atoms with E-state index in [4.69, 9.17) is 4.74 Å². The molecule has 2 heterocycles. The molecule has 1 saturated heterocycles. The average Bonchev–Trinajstić information content (AvgIpc) is 3.35. The fourth-order valence-corrected chi connectivity index (χ4v) is 4.14. The van der Waals surface area contributed by atoms with E-state index < -0.39 is 0 Å². The van der Waals surface area contributed by atoms with Gasteiger partial charge in [0.15, 0.2) is 0 Å². The monoisotopic (exact) mass is 420 g/mol. The Kier molecular flexibility index (Phi) is 6.62. The maximum atomic E-state index is 12.9. The zero-order valence-corrected chi connectivity index (χ0v) is 17.8. The molecule has 162 valence electrons. The molecule has 7 heteroatoms. The lowest BCUT2D eigenvalue weighted by Crippen LogP contribution is -2.42. The minimum absolute atomic E-state index is 0.0672. The molecule has 2 amide bonds. The van der Waals surface area contributed by atoms with Crippen molar-refractivity contribution in [2.45, 2.75) is 31.7 Å². The van der Waals surface area contributed by atoms with E-state index in [1.165, 1.54) is 5.01 Å². The van der Waals surface area contributed by atoms with Crippen LogP contribution in [0.3, 0.4) is 0 Å². The molecule has 2 aromatic carbocycles. The molecule has 0 bridgehead atoms. The Bertz CT molecular complexity index is 954. The highest BCUT2D eigenvalue weighted by molar-refractivity contribution is 6.40. The number of amides is 2. The number of hydrogen-bond acceptors (Lipinski definition) is 5. The first-order chi connectivity index (χ1) is 15.2. The lowest BCUT2D eigenvalue weighted by molar-refractivity contribution is -0.119. The van der Waals surface area contributed by atoms with Gasteiger partial charge in [-0.25, -0.2) is 5.01 Å². The van der Waals surface area contributed by atoms with Crippen LogP contribution in [0.5, 0.6) is 5.75 Å². The van der Waals surface area contributed by atoms with E-state index in [1.54, 1.807) is 7.11 Å². The number of likely N-dealkylation sites (tertiary alicyclic amines) is 1. The van der Waals surface area contributed by atoms with Gasteiger partial charge < -0.3 is 10.1 Å². The summed E-state index contributed by atoms with van der Waals surface area (Å²) in [6.07, 6.45) is 2.94. The molecule has 1 atom stereocenters. The van der Waals surface area contributed by atoms with E-state index in [0.717, 1.165) is 37.2 Å². The van der Waals surface area contributed by atoms with Crippen molar-refractivity contribution in [3.8, 4) is 5.75 Å². The van der Waals surface area contributed by atoms with Gasteiger partial charge in [0, 0.05) is 19.4 Å². The number of hydrazone groups is 1. The van der Waals surface area contributed by atoms with Crippen LogP contribution >= 0.6 is 0 Å². The Labute approximate surface area is 182 Å². The molecular formula is C24H28N4O3. The largest absolute Gasteiger partial charge is 0.497 e. The van der Waals surface area contributed by atoms with Crippen LogP contribution in [0.2, 0.25) is 0 Å². The summed E-state index contributed by atoms with van der Waals surface area (Å²) in [6, 6.07) is 17.3. The lowest BCUT2D eigenvalue weighted by Gasteiger charge is -2.29. The Balaban J connectivity index is 1.49. The zero-order chi connectivity index (χ0) is 21.6. The van der Waals surface area contributed by atoms with E-state index in [-0.39, 0.29) is 24.3 Å². The molecule has 2 aliphatic heterocycles. The number of anilines is 1. The van der Waals surface area contributed by atoms with Gasteiger partial charge in [-0.05, 0) is 55.8 Å². The molecule has 1 unspecified atom stereocenters. The van der Waals surface area contributed by atoms with Crippen molar-refractivity contribution in [1.82, 2.24) is 10.2 Å². The molecule has 2 aromatic rings. The normalized spacial score (nSPS) is 17.9. The van der Waals surface area contributed by atoms with Crippen LogP contribution in [0, 0.1) is 0 Å². The van der Waals surface area contributed by atoms with Gasteiger partial charge in [0.05, 0.1) is 18.8 Å². The van der Waals surface area contributed by atoms with E-state index in [1.807, 2.05) is 48.5 Å². The molecule has 4 rings (SSSR count). The molecule has 31 heavy (non-hydrogen) atoms. The van der Waals surface area contributed by atoms with E-state index in [9.17, 15) is 9.59 Å². The quantitative estimate of drug-likeness (QED) is 0.747. The smallest absolute Gasteiger partial charge is 0.267 e. The Morgan fingerprint density at radius 1 is 1.10 bits per heavy atom. The van der Waals surface area contributed by atoms with Crippen molar-refractivity contribution in [3.63, 3.8) is 0 Å². The first kappa shape index (κ1) is 21.1. The van der Waals surface area contributed by atoms with E-state index in [0.29, 0.717) is 24.4 Å². The number of benzene rings is 2. The van der Waals surface area contributed by atoms with Crippen LogP contribution < -0.4 is 15.1 Å². The number of carbonyl (C=O) groups excluding carboxylic acids is 2. The van der Waals surface area contributed by atoms with Crippen LogP contribution in [0.1, 0.15) is 37.3 Å². The highest BCUT2D eigenvalue weighted by Gasteiger charge is 2.28. The predicted molar refractivity (Wildman–Crippen MR) is 120 cm³/mol. The summed E-state index contributed by atoms with van der Waals surface area (Å²) in [4.78, 5) is 27.6. The summed E-state index contributed by atoms with van der Waals surface area (Å²) >= 11 is 0. The van der Waals surface area contributed by atoms with Crippen molar-refractivity contribution >= 4 is 23.2 Å². The van der Waals surface area contributed by atoms with Crippen molar-refractivity contribution in [3.05, 3.63) is 60.2 Å². The molecule has 0 saturated carbocycles. The molecule has 0 aliphatic carbocycles. The molecule has 0 aromatic heterocycles. The van der Waals surface area contributed by atoms with Crippen molar-refractivity contribution < 1.29 is 14.3 Å². The van der Waals surface area contributed by atoms with Gasteiger partial charge in [0.1, 0.15) is 11.5 Å². The van der Waals surface area contributed by atoms with Gasteiger partial charge in [0.25, 0.3) is 5.91 Å². The Hall–Kier alpha value is -3.19. The zero-order valence-electron chi connectivity index (χ0n) is 17.8. The fourth-order valence-electron chi connectivity index (χ4n) is 4.14. The Morgan fingerprint density at radius 3 is 2.61 bits per heavy atom. The first-order valence-electron chi connectivity index (χ1n) is 10.8. The third-order valence-electron chi connectivity index (χ3n) is 5.81. The van der Waals surface area contributed by atoms with Gasteiger partial charge in [-0.3, -0.25) is 14.5 Å². The van der Waals surface area contributed by atoms with E-state index >= 15 is 0 Å². The maximum Gasteiger partial charge on any atom is 0.267 e. The van der Waals surface area contributed by atoms with Crippen LogP contribution in [0.4, 0.5) is 5.69 Å². The van der Waals surface area contributed by atoms with Crippen LogP contribution in [0.25, 0.3) is 0 Å². The number of para-hydroxylation sites is 1. The highest BCUT2D eigenvalue weighted by atomic mass is 16.5. The average molecular weight is 421 g/mol. The van der Waals surface area contributed by atoms with Crippen molar-refractivity contribution in [1.29, 1.82) is 0 Å². The standard InChI is InChI=1S/C24H28N4O3/c1-31-20-11-7-8-18(16-20)22(27-14-5-6-15-27)17-25-24(30)21-12-13-23(29)28(26-21)19-9-3-2-4-10-19/h2-4,7-11,16,22H,5-6,12-15,17H2,1H3,(H,25,30). The minimum Gasteiger partial charge on any atom is -0.497 e. The second kappa shape index (κ2) is 9.75. The number of nitrogens with zero attached hydrogens (tertiary/aromatic N) is 3. The Morgan fingerprint density at radius 2 is 1.87 bits per heavy atom. The molecule has 1 N–H and O–H groups in total. The summed E-state index contributed by atoms with van der Waals surface area (Å²) in [5.74, 6) is 0.483. The lowest BCUT2D eigenvalue weighted by atomic mass is 10.0. The second-order valence-electron chi connectivity index (χ2n) is 7.83. The molecule has 7 nitrogen and oxygen atoms in total. The molecule has 2 aliphatic rings. The van der Waals surface area contributed by atoms with Gasteiger partial charge in [-0.2, -0.15) is 5.10 Å². The third kappa shape index (κ3) is 4.94. The summed E-state index contributed by atoms with van der Waals surface area (Å²) in [5.41, 5.74) is 2.17. The summed E-state index contributed by atoms with van der Waals surface area (Å²) in [7, 11) is 1.66. The van der Waals surface area contributed by atoms with Gasteiger partial charge in [-0.15, -0.1) is 0 Å². The second-order valence-corrected chi connectivity index (χ2v) is 7.83. The maximum absolute atomic E-state index is 12.9. The van der Waals surface area contributed by atoms with Gasteiger partial charge in [0.2, 0.25) is 5.91 Å². The molecule has 0 spiro atoms. The summed E-state index contributed by atoms with van der Waals surface area (Å²) in [6.45, 7) is 2.49. The molecular weight excluding hydrogens is 392 g/mol. The minimum atomic E-state index is -0.222.